The number of anilines is 1. The Labute approximate surface area is 258 Å². The monoisotopic (exact) mass is 630 g/mol. The number of hydrogen-bond donors (Lipinski definition) is 3. The second kappa shape index (κ2) is 14.2. The van der Waals surface area contributed by atoms with Crippen molar-refractivity contribution in [1.82, 2.24) is 14.6 Å². The number of benzene rings is 2. The van der Waals surface area contributed by atoms with Gasteiger partial charge in [-0.15, -0.1) is 0 Å². The number of hydrogen-bond acceptors (Lipinski definition) is 8. The number of halogens is 1. The number of amides is 2. The fourth-order valence-electron chi connectivity index (χ4n) is 4.19. The van der Waals surface area contributed by atoms with Crippen LogP contribution in [-0.4, -0.2) is 66.4 Å². The molecular weight excluding hydrogens is 592 g/mol. The van der Waals surface area contributed by atoms with Crippen LogP contribution in [-0.2, 0) is 21.2 Å². The van der Waals surface area contributed by atoms with E-state index in [2.05, 4.69) is 10.3 Å². The SMILES string of the molecule is CC(C)Nc1cc(-c2ccc(CCN(C[C@H](O)c3ccc(Cl)nc3)C(=O)OC(C)(C)C)cc2)ccc1C(=O)NS(C)(=O)=O. The van der Waals surface area contributed by atoms with Gasteiger partial charge in [0.2, 0.25) is 10.0 Å². The predicted octanol–water partition coefficient (Wildman–Crippen LogP) is 5.42. The van der Waals surface area contributed by atoms with E-state index in [1.807, 2.05) is 48.9 Å². The molecule has 2 amide bonds. The van der Waals surface area contributed by atoms with Crippen LogP contribution in [0.1, 0.15) is 62.2 Å². The molecule has 0 aliphatic rings. The molecule has 0 saturated carbocycles. The van der Waals surface area contributed by atoms with E-state index in [1.54, 1.807) is 45.0 Å². The Morgan fingerprint density at radius 3 is 2.26 bits per heavy atom. The van der Waals surface area contributed by atoms with Gasteiger partial charge >= 0.3 is 6.09 Å². The minimum absolute atomic E-state index is 0.00445. The van der Waals surface area contributed by atoms with Crippen molar-refractivity contribution in [1.29, 1.82) is 0 Å². The van der Waals surface area contributed by atoms with Crippen LogP contribution in [0.2, 0.25) is 5.15 Å². The van der Waals surface area contributed by atoms with Crippen LogP contribution in [0.3, 0.4) is 0 Å². The average molecular weight is 631 g/mol. The van der Waals surface area contributed by atoms with Crippen molar-refractivity contribution in [2.45, 2.75) is 58.8 Å². The zero-order valence-electron chi connectivity index (χ0n) is 25.2. The molecule has 1 aromatic heterocycles. The first-order valence-electron chi connectivity index (χ1n) is 13.8. The maximum atomic E-state index is 13.0. The first kappa shape index (κ1) is 33.8. The van der Waals surface area contributed by atoms with Crippen molar-refractivity contribution in [2.24, 2.45) is 0 Å². The van der Waals surface area contributed by atoms with E-state index in [-0.39, 0.29) is 18.2 Å². The van der Waals surface area contributed by atoms with Crippen LogP contribution in [0, 0.1) is 0 Å². The summed E-state index contributed by atoms with van der Waals surface area (Å²) in [6.07, 6.45) is 1.41. The molecule has 0 spiro atoms. The average Bonchev–Trinajstić information content (AvgIpc) is 2.89. The lowest BCUT2D eigenvalue weighted by Crippen LogP contribution is -2.40. The van der Waals surface area contributed by atoms with E-state index in [0.29, 0.717) is 29.4 Å². The molecule has 0 saturated heterocycles. The summed E-state index contributed by atoms with van der Waals surface area (Å²) in [6.45, 7) is 9.52. The Balaban J connectivity index is 1.77. The molecule has 3 aromatic rings. The van der Waals surface area contributed by atoms with Crippen LogP contribution in [0.25, 0.3) is 11.1 Å². The number of nitrogens with zero attached hydrogens (tertiary/aromatic N) is 2. The summed E-state index contributed by atoms with van der Waals surface area (Å²) in [6, 6.07) is 16.2. The number of rotatable bonds is 11. The normalized spacial score (nSPS) is 12.5. The number of aromatic nitrogens is 1. The number of aliphatic hydroxyl groups is 1. The highest BCUT2D eigenvalue weighted by molar-refractivity contribution is 7.89. The van der Waals surface area contributed by atoms with E-state index in [9.17, 15) is 23.1 Å². The van der Waals surface area contributed by atoms with Gasteiger partial charge in [-0.25, -0.2) is 22.9 Å². The molecule has 3 N–H and O–H groups in total. The molecule has 43 heavy (non-hydrogen) atoms. The Kier molecular flexibility index (Phi) is 11.2. The highest BCUT2D eigenvalue weighted by Crippen LogP contribution is 2.27. The van der Waals surface area contributed by atoms with Crippen LogP contribution in [0.15, 0.2) is 60.8 Å². The van der Waals surface area contributed by atoms with Gasteiger partial charge in [-0.3, -0.25) is 4.79 Å². The summed E-state index contributed by atoms with van der Waals surface area (Å²) in [5.74, 6) is -0.709. The van der Waals surface area contributed by atoms with Crippen LogP contribution in [0.5, 0.6) is 0 Å². The van der Waals surface area contributed by atoms with Gasteiger partial charge in [-0.2, -0.15) is 0 Å². The third kappa shape index (κ3) is 10.8. The van der Waals surface area contributed by atoms with Gasteiger partial charge in [0.25, 0.3) is 5.91 Å². The molecular formula is C31H39ClN4O6S. The Morgan fingerprint density at radius 2 is 1.70 bits per heavy atom. The first-order valence-corrected chi connectivity index (χ1v) is 16.1. The van der Waals surface area contributed by atoms with E-state index in [4.69, 9.17) is 16.3 Å². The Bertz CT molecular complexity index is 1520. The van der Waals surface area contributed by atoms with Crippen LogP contribution < -0.4 is 10.0 Å². The fraction of sp³-hybridized carbons (Fsp3) is 0.387. The van der Waals surface area contributed by atoms with Gasteiger partial charge in [0.15, 0.2) is 0 Å². The van der Waals surface area contributed by atoms with Crippen molar-refractivity contribution in [2.75, 3.05) is 24.7 Å². The van der Waals surface area contributed by atoms with E-state index in [1.165, 1.54) is 11.1 Å². The second-order valence-corrected chi connectivity index (χ2v) is 13.7. The quantitative estimate of drug-likeness (QED) is 0.239. The van der Waals surface area contributed by atoms with Gasteiger partial charge in [0.1, 0.15) is 10.8 Å². The summed E-state index contributed by atoms with van der Waals surface area (Å²) in [5, 5.41) is 14.3. The molecule has 0 bridgehead atoms. The maximum absolute atomic E-state index is 13.0. The Hall–Kier alpha value is -3.67. The lowest BCUT2D eigenvalue weighted by Gasteiger charge is -2.29. The standard InChI is InChI=1S/C31H39ClN4O6S/c1-20(2)34-26-17-23(11-13-25(26)29(38)35-43(6,40)41)22-9-7-21(8-10-22)15-16-36(30(39)42-31(3,4)5)19-27(37)24-12-14-28(32)33-18-24/h7-14,17-18,20,27,34,37H,15-16,19H2,1-6H3,(H,35,38)/t27-/m0/s1. The molecule has 0 aliphatic carbocycles. The van der Waals surface area contributed by atoms with Crippen molar-refractivity contribution < 1.29 is 27.9 Å². The minimum Gasteiger partial charge on any atom is -0.444 e. The second-order valence-electron chi connectivity index (χ2n) is 11.6. The zero-order chi connectivity index (χ0) is 31.9. The summed E-state index contributed by atoms with van der Waals surface area (Å²) in [5.41, 5.74) is 3.26. The number of aliphatic hydroxyl groups excluding tert-OH is 1. The number of ether oxygens (including phenoxy) is 1. The number of sulfonamides is 1. The molecule has 0 radical (unpaired) electrons. The molecule has 3 rings (SSSR count). The molecule has 1 heterocycles. The zero-order valence-corrected chi connectivity index (χ0v) is 26.8. The topological polar surface area (TPSA) is 138 Å². The molecule has 1 atom stereocenters. The first-order chi connectivity index (χ1) is 20.0. The van der Waals surface area contributed by atoms with Gasteiger partial charge < -0.3 is 20.1 Å². The van der Waals surface area contributed by atoms with Crippen molar-refractivity contribution in [3.63, 3.8) is 0 Å². The molecule has 12 heteroatoms. The minimum atomic E-state index is -3.71. The van der Waals surface area contributed by atoms with Gasteiger partial charge in [0.05, 0.1) is 24.5 Å². The Morgan fingerprint density at radius 1 is 1.05 bits per heavy atom. The summed E-state index contributed by atoms with van der Waals surface area (Å²) in [7, 11) is -3.71. The van der Waals surface area contributed by atoms with Gasteiger partial charge in [0, 0.05) is 30.0 Å². The largest absolute Gasteiger partial charge is 0.444 e. The lowest BCUT2D eigenvalue weighted by molar-refractivity contribution is 0.0146. The molecule has 10 nitrogen and oxygen atoms in total. The number of pyridine rings is 1. The van der Waals surface area contributed by atoms with Crippen molar-refractivity contribution >= 4 is 39.3 Å². The van der Waals surface area contributed by atoms with E-state index >= 15 is 0 Å². The maximum Gasteiger partial charge on any atom is 0.410 e. The molecule has 232 valence electrons. The summed E-state index contributed by atoms with van der Waals surface area (Å²) >= 11 is 5.86. The lowest BCUT2D eigenvalue weighted by atomic mass is 9.99. The van der Waals surface area contributed by atoms with Gasteiger partial charge in [-0.1, -0.05) is 48.0 Å². The predicted molar refractivity (Wildman–Crippen MR) is 169 cm³/mol. The van der Waals surface area contributed by atoms with Crippen molar-refractivity contribution in [3.8, 4) is 11.1 Å². The van der Waals surface area contributed by atoms with Crippen LogP contribution >= 0.6 is 11.6 Å². The molecule has 2 aromatic carbocycles. The molecule has 0 unspecified atom stereocenters. The third-order valence-corrected chi connectivity index (χ3v) is 6.90. The number of nitrogens with one attached hydrogen (secondary N) is 2. The van der Waals surface area contributed by atoms with Gasteiger partial charge in [-0.05, 0) is 75.9 Å². The molecule has 0 fully saturated rings. The highest BCUT2D eigenvalue weighted by atomic mass is 35.5. The smallest absolute Gasteiger partial charge is 0.410 e. The van der Waals surface area contributed by atoms with Crippen molar-refractivity contribution in [3.05, 3.63) is 82.6 Å². The van der Waals surface area contributed by atoms with E-state index < -0.39 is 33.7 Å². The summed E-state index contributed by atoms with van der Waals surface area (Å²) < 4.78 is 30.8. The number of carbonyl (C=O) groups excluding carboxylic acids is 2. The fourth-order valence-corrected chi connectivity index (χ4v) is 4.74. The molecule has 0 aliphatic heterocycles. The van der Waals surface area contributed by atoms with Crippen LogP contribution in [0.4, 0.5) is 10.5 Å². The highest BCUT2D eigenvalue weighted by Gasteiger charge is 2.25. The number of carbonyl (C=O) groups is 2. The third-order valence-electron chi connectivity index (χ3n) is 6.12. The van der Waals surface area contributed by atoms with E-state index in [0.717, 1.165) is 22.9 Å². The summed E-state index contributed by atoms with van der Waals surface area (Å²) in [4.78, 5) is 31.0.